The molecule has 0 aromatic heterocycles. The van der Waals surface area contributed by atoms with Crippen molar-refractivity contribution in [2.75, 3.05) is 6.61 Å². The van der Waals surface area contributed by atoms with Crippen LogP contribution in [0.2, 0.25) is 0 Å². The second kappa shape index (κ2) is 14.1. The van der Waals surface area contributed by atoms with Crippen molar-refractivity contribution in [3.8, 4) is 0 Å². The van der Waals surface area contributed by atoms with Gasteiger partial charge in [0.15, 0.2) is 0 Å². The van der Waals surface area contributed by atoms with E-state index in [-0.39, 0.29) is 17.8 Å². The summed E-state index contributed by atoms with van der Waals surface area (Å²) in [5, 5.41) is 2.89. The molecular formula is C22H41NO3. The van der Waals surface area contributed by atoms with Crippen molar-refractivity contribution in [2.45, 2.75) is 110 Å². The third kappa shape index (κ3) is 11.5. The van der Waals surface area contributed by atoms with E-state index in [1.165, 1.54) is 51.4 Å². The highest BCUT2D eigenvalue weighted by molar-refractivity contribution is 5.86. The monoisotopic (exact) mass is 367 g/mol. The number of rotatable bonds is 16. The summed E-state index contributed by atoms with van der Waals surface area (Å²) >= 11 is 0. The van der Waals surface area contributed by atoms with Crippen molar-refractivity contribution >= 4 is 11.9 Å². The number of hydrogen-bond acceptors (Lipinski definition) is 3. The summed E-state index contributed by atoms with van der Waals surface area (Å²) in [6, 6.07) is -0.480. The van der Waals surface area contributed by atoms with Crippen LogP contribution in [0.1, 0.15) is 104 Å². The van der Waals surface area contributed by atoms with Crippen LogP contribution in [-0.4, -0.2) is 24.5 Å². The smallest absolute Gasteiger partial charge is 0.328 e. The Kier molecular flexibility index (Phi) is 12.4. The van der Waals surface area contributed by atoms with E-state index in [0.717, 1.165) is 25.7 Å². The Morgan fingerprint density at radius 3 is 1.96 bits per heavy atom. The van der Waals surface area contributed by atoms with Gasteiger partial charge in [0.2, 0.25) is 5.91 Å². The molecule has 0 heterocycles. The first-order valence-corrected chi connectivity index (χ1v) is 11.0. The molecule has 0 saturated heterocycles. The fraction of sp³-hybridized carbons (Fsp3) is 0.909. The lowest BCUT2D eigenvalue weighted by atomic mass is 10.0. The van der Waals surface area contributed by atoms with Gasteiger partial charge < -0.3 is 10.1 Å². The zero-order valence-electron chi connectivity index (χ0n) is 17.4. The van der Waals surface area contributed by atoms with E-state index in [0.29, 0.717) is 18.9 Å². The van der Waals surface area contributed by atoms with Crippen molar-refractivity contribution in [1.82, 2.24) is 5.32 Å². The van der Waals surface area contributed by atoms with Crippen molar-refractivity contribution in [3.05, 3.63) is 0 Å². The topological polar surface area (TPSA) is 55.4 Å². The largest absolute Gasteiger partial charge is 0.464 e. The maximum absolute atomic E-state index is 12.3. The molecular weight excluding hydrogens is 326 g/mol. The van der Waals surface area contributed by atoms with Gasteiger partial charge in [-0.1, -0.05) is 78.6 Å². The van der Waals surface area contributed by atoms with E-state index in [9.17, 15) is 9.59 Å². The van der Waals surface area contributed by atoms with Crippen LogP contribution in [0.25, 0.3) is 0 Å². The molecule has 1 fully saturated rings. The predicted molar refractivity (Wildman–Crippen MR) is 107 cm³/mol. The summed E-state index contributed by atoms with van der Waals surface area (Å²) in [5.41, 5.74) is 0. The summed E-state index contributed by atoms with van der Waals surface area (Å²) < 4.78 is 5.42. The molecule has 1 aliphatic carbocycles. The van der Waals surface area contributed by atoms with Gasteiger partial charge in [0.25, 0.3) is 0 Å². The van der Waals surface area contributed by atoms with Gasteiger partial charge in [-0.2, -0.15) is 0 Å². The van der Waals surface area contributed by atoms with Crippen LogP contribution in [0, 0.1) is 11.8 Å². The molecule has 1 amide bonds. The minimum absolute atomic E-state index is 0.0199. The summed E-state index contributed by atoms with van der Waals surface area (Å²) in [4.78, 5) is 24.2. The van der Waals surface area contributed by atoms with Crippen LogP contribution in [-0.2, 0) is 14.3 Å². The van der Waals surface area contributed by atoms with Crippen LogP contribution in [0.5, 0.6) is 0 Å². The highest BCUT2D eigenvalue weighted by atomic mass is 16.5. The number of carbonyl (C=O) groups is 2. The SMILES string of the molecule is CCCCCCCCCCCCOC(=O)C(CC(C)C)NC(=O)C1CC1. The average molecular weight is 368 g/mol. The molecule has 4 nitrogen and oxygen atoms in total. The van der Waals surface area contributed by atoms with Gasteiger partial charge in [-0.15, -0.1) is 0 Å². The fourth-order valence-corrected chi connectivity index (χ4v) is 3.18. The third-order valence-electron chi connectivity index (χ3n) is 5.00. The molecule has 0 aromatic carbocycles. The zero-order chi connectivity index (χ0) is 19.2. The first kappa shape index (κ1) is 23.0. The minimum Gasteiger partial charge on any atom is -0.464 e. The Bertz CT molecular complexity index is 391. The van der Waals surface area contributed by atoms with Crippen LogP contribution >= 0.6 is 0 Å². The highest BCUT2D eigenvalue weighted by Gasteiger charge is 2.33. The van der Waals surface area contributed by atoms with Gasteiger partial charge in [0, 0.05) is 5.92 Å². The molecule has 0 radical (unpaired) electrons. The summed E-state index contributed by atoms with van der Waals surface area (Å²) in [5.74, 6) is 0.235. The standard InChI is InChI=1S/C22H41NO3/c1-4-5-6-7-8-9-10-11-12-13-16-26-22(25)20(17-18(2)3)23-21(24)19-14-15-19/h18-20H,4-17H2,1-3H3,(H,23,24). The molecule has 1 aliphatic rings. The first-order chi connectivity index (χ1) is 12.5. The lowest BCUT2D eigenvalue weighted by Gasteiger charge is -2.19. The van der Waals surface area contributed by atoms with E-state index in [2.05, 4.69) is 26.1 Å². The Balaban J connectivity index is 2.05. The number of unbranched alkanes of at least 4 members (excludes halogenated alkanes) is 9. The number of amides is 1. The van der Waals surface area contributed by atoms with Gasteiger partial charge >= 0.3 is 5.97 Å². The van der Waals surface area contributed by atoms with Gasteiger partial charge in [-0.3, -0.25) is 4.79 Å². The summed E-state index contributed by atoms with van der Waals surface area (Å²) in [6.45, 7) is 6.85. The lowest BCUT2D eigenvalue weighted by molar-refractivity contribution is -0.148. The Labute approximate surface area is 160 Å². The van der Waals surface area contributed by atoms with Gasteiger partial charge in [0.1, 0.15) is 6.04 Å². The average Bonchev–Trinajstić information content (AvgIpc) is 3.43. The molecule has 0 spiro atoms. The van der Waals surface area contributed by atoms with Crippen molar-refractivity contribution in [3.63, 3.8) is 0 Å². The van der Waals surface area contributed by atoms with E-state index in [4.69, 9.17) is 4.74 Å². The third-order valence-corrected chi connectivity index (χ3v) is 5.00. The predicted octanol–water partition coefficient (Wildman–Crippen LogP) is 5.39. The van der Waals surface area contributed by atoms with Crippen molar-refractivity contribution < 1.29 is 14.3 Å². The van der Waals surface area contributed by atoms with Crippen molar-refractivity contribution in [1.29, 1.82) is 0 Å². The second-order valence-electron chi connectivity index (χ2n) is 8.31. The molecule has 1 saturated carbocycles. The van der Waals surface area contributed by atoms with Gasteiger partial charge in [0.05, 0.1) is 6.61 Å². The van der Waals surface area contributed by atoms with Crippen molar-refractivity contribution in [2.24, 2.45) is 11.8 Å². The first-order valence-electron chi connectivity index (χ1n) is 11.0. The Morgan fingerprint density at radius 2 is 1.46 bits per heavy atom. The highest BCUT2D eigenvalue weighted by Crippen LogP contribution is 2.29. The normalized spacial score (nSPS) is 15.1. The molecule has 0 aromatic rings. The quantitative estimate of drug-likeness (QED) is 0.294. The van der Waals surface area contributed by atoms with E-state index in [1.54, 1.807) is 0 Å². The Hall–Kier alpha value is -1.06. The molecule has 26 heavy (non-hydrogen) atoms. The minimum atomic E-state index is -0.480. The number of hydrogen-bond donors (Lipinski definition) is 1. The maximum atomic E-state index is 12.3. The molecule has 4 heteroatoms. The van der Waals surface area contributed by atoms with Crippen LogP contribution < -0.4 is 5.32 Å². The molecule has 1 rings (SSSR count). The number of carbonyl (C=O) groups excluding carboxylic acids is 2. The zero-order valence-corrected chi connectivity index (χ0v) is 17.4. The van der Waals surface area contributed by atoms with Crippen LogP contribution in [0.15, 0.2) is 0 Å². The van der Waals surface area contributed by atoms with Gasteiger partial charge in [-0.05, 0) is 31.6 Å². The molecule has 1 atom stereocenters. The lowest BCUT2D eigenvalue weighted by Crippen LogP contribution is -2.43. The van der Waals surface area contributed by atoms with Crippen LogP contribution in [0.3, 0.4) is 0 Å². The molecule has 0 aliphatic heterocycles. The number of esters is 1. The maximum Gasteiger partial charge on any atom is 0.328 e. The van der Waals surface area contributed by atoms with E-state index < -0.39 is 6.04 Å². The van der Waals surface area contributed by atoms with E-state index in [1.807, 2.05) is 0 Å². The summed E-state index contributed by atoms with van der Waals surface area (Å²) in [7, 11) is 0. The molecule has 1 unspecified atom stereocenters. The summed E-state index contributed by atoms with van der Waals surface area (Å²) in [6.07, 6.45) is 15.2. The van der Waals surface area contributed by atoms with Crippen LogP contribution in [0.4, 0.5) is 0 Å². The number of nitrogens with one attached hydrogen (secondary N) is 1. The van der Waals surface area contributed by atoms with E-state index >= 15 is 0 Å². The second-order valence-corrected chi connectivity index (χ2v) is 8.31. The Morgan fingerprint density at radius 1 is 0.923 bits per heavy atom. The molecule has 152 valence electrons. The van der Waals surface area contributed by atoms with Gasteiger partial charge in [-0.25, -0.2) is 4.79 Å². The fourth-order valence-electron chi connectivity index (χ4n) is 3.18. The number of ether oxygens (including phenoxy) is 1. The molecule has 0 bridgehead atoms. The molecule has 1 N–H and O–H groups in total.